The van der Waals surface area contributed by atoms with E-state index in [1.54, 1.807) is 19.2 Å². The van der Waals surface area contributed by atoms with E-state index in [9.17, 15) is 9.59 Å². The zero-order valence-corrected chi connectivity index (χ0v) is 11.8. The van der Waals surface area contributed by atoms with E-state index < -0.39 is 5.97 Å². The molecular formula is C15H17N3O3. The molecule has 21 heavy (non-hydrogen) atoms. The van der Waals surface area contributed by atoms with Gasteiger partial charge in [-0.1, -0.05) is 0 Å². The number of carboxylic acids is 1. The van der Waals surface area contributed by atoms with Gasteiger partial charge in [-0.2, -0.15) is 0 Å². The highest BCUT2D eigenvalue weighted by atomic mass is 16.4. The van der Waals surface area contributed by atoms with Gasteiger partial charge < -0.3 is 10.1 Å². The van der Waals surface area contributed by atoms with Gasteiger partial charge in [0.1, 0.15) is 5.82 Å². The minimum Gasteiger partial charge on any atom is -0.481 e. The highest BCUT2D eigenvalue weighted by molar-refractivity contribution is 5.77. The molecule has 1 aliphatic carbocycles. The Labute approximate surface area is 121 Å². The first-order valence-electron chi connectivity index (χ1n) is 7.14. The van der Waals surface area contributed by atoms with E-state index in [4.69, 9.17) is 5.11 Å². The van der Waals surface area contributed by atoms with Gasteiger partial charge in [0.05, 0.1) is 23.0 Å². The van der Waals surface area contributed by atoms with E-state index in [2.05, 4.69) is 15.0 Å². The van der Waals surface area contributed by atoms with Crippen molar-refractivity contribution in [2.75, 3.05) is 0 Å². The largest absolute Gasteiger partial charge is 0.481 e. The fourth-order valence-electron chi connectivity index (χ4n) is 3.03. The number of aromatic nitrogens is 3. The first-order valence-corrected chi connectivity index (χ1v) is 7.14. The third-order valence-corrected chi connectivity index (χ3v) is 4.23. The van der Waals surface area contributed by atoms with Crippen LogP contribution in [0.15, 0.2) is 17.1 Å². The van der Waals surface area contributed by atoms with E-state index in [0.717, 1.165) is 18.5 Å². The summed E-state index contributed by atoms with van der Waals surface area (Å²) in [6, 6.07) is 1.80. The number of nitrogens with zero attached hydrogens (tertiary/aromatic N) is 2. The van der Waals surface area contributed by atoms with Gasteiger partial charge in [-0.3, -0.25) is 14.6 Å². The van der Waals surface area contributed by atoms with Crippen molar-refractivity contribution >= 4 is 16.9 Å². The molecule has 3 rings (SSSR count). The standard InChI is InChI=1S/C15H17N3O3/c1-8-17-13-7-16-12(6-11(13)14(19)18-8)9-2-4-10(5-3-9)15(20)21/h6-7,9-10H,2-5H2,1H3,(H,20,21)(H,17,18,19). The van der Waals surface area contributed by atoms with Crippen LogP contribution in [0.1, 0.15) is 43.1 Å². The number of pyridine rings is 1. The Balaban J connectivity index is 1.89. The number of carboxylic acid groups (broad SMARTS) is 1. The Morgan fingerprint density at radius 2 is 2.05 bits per heavy atom. The first kappa shape index (κ1) is 13.7. The average Bonchev–Trinajstić information content (AvgIpc) is 2.47. The second kappa shape index (κ2) is 5.27. The molecule has 2 heterocycles. The number of aryl methyl sites for hydroxylation is 1. The Morgan fingerprint density at radius 3 is 2.71 bits per heavy atom. The SMILES string of the molecule is Cc1nc2cnc(C3CCC(C(=O)O)CC3)cc2c(=O)[nH]1. The van der Waals surface area contributed by atoms with Crippen LogP contribution in [0.25, 0.3) is 10.9 Å². The summed E-state index contributed by atoms with van der Waals surface area (Å²) in [7, 11) is 0. The molecule has 0 aliphatic heterocycles. The Kier molecular flexibility index (Phi) is 3.45. The molecule has 0 bridgehead atoms. The number of nitrogens with one attached hydrogen (secondary N) is 1. The number of H-pyrrole nitrogens is 1. The van der Waals surface area contributed by atoms with Crippen molar-refractivity contribution in [3.8, 4) is 0 Å². The first-order chi connectivity index (χ1) is 10.0. The van der Waals surface area contributed by atoms with E-state index in [1.165, 1.54) is 0 Å². The van der Waals surface area contributed by atoms with Crippen molar-refractivity contribution in [2.24, 2.45) is 5.92 Å². The summed E-state index contributed by atoms with van der Waals surface area (Å²) in [6.45, 7) is 1.74. The molecule has 1 saturated carbocycles. The van der Waals surface area contributed by atoms with Gasteiger partial charge >= 0.3 is 5.97 Å². The van der Waals surface area contributed by atoms with Crippen LogP contribution < -0.4 is 5.56 Å². The number of hydrogen-bond donors (Lipinski definition) is 2. The van der Waals surface area contributed by atoms with Crippen LogP contribution in [0.2, 0.25) is 0 Å². The molecule has 110 valence electrons. The topological polar surface area (TPSA) is 95.9 Å². The quantitative estimate of drug-likeness (QED) is 0.880. The molecule has 0 saturated heterocycles. The summed E-state index contributed by atoms with van der Waals surface area (Å²) in [5.41, 5.74) is 1.31. The van der Waals surface area contributed by atoms with Gasteiger partial charge in [-0.05, 0) is 38.7 Å². The minimum atomic E-state index is -0.712. The number of fused-ring (bicyclic) bond motifs is 1. The molecule has 0 amide bonds. The second-order valence-corrected chi connectivity index (χ2v) is 5.66. The van der Waals surface area contributed by atoms with Gasteiger partial charge in [0.15, 0.2) is 0 Å². The predicted molar refractivity (Wildman–Crippen MR) is 77.2 cm³/mol. The van der Waals surface area contributed by atoms with Crippen molar-refractivity contribution < 1.29 is 9.90 Å². The van der Waals surface area contributed by atoms with Crippen molar-refractivity contribution in [3.05, 3.63) is 34.1 Å². The number of aliphatic carboxylic acids is 1. The van der Waals surface area contributed by atoms with E-state index in [0.29, 0.717) is 29.6 Å². The molecule has 6 heteroatoms. The van der Waals surface area contributed by atoms with Crippen LogP contribution in [-0.4, -0.2) is 26.0 Å². The Hall–Kier alpha value is -2.24. The smallest absolute Gasteiger partial charge is 0.306 e. The van der Waals surface area contributed by atoms with Gasteiger partial charge in [0, 0.05) is 11.6 Å². The highest BCUT2D eigenvalue weighted by Crippen LogP contribution is 2.35. The molecule has 0 aromatic carbocycles. The molecule has 0 unspecified atom stereocenters. The summed E-state index contributed by atoms with van der Waals surface area (Å²) in [6.07, 6.45) is 4.57. The highest BCUT2D eigenvalue weighted by Gasteiger charge is 2.27. The minimum absolute atomic E-state index is 0.152. The second-order valence-electron chi connectivity index (χ2n) is 5.66. The fraction of sp³-hybridized carbons (Fsp3) is 0.467. The van der Waals surface area contributed by atoms with Crippen molar-refractivity contribution in [2.45, 2.75) is 38.5 Å². The molecule has 2 aromatic rings. The lowest BCUT2D eigenvalue weighted by Gasteiger charge is -2.25. The number of carbonyl (C=O) groups is 1. The van der Waals surface area contributed by atoms with Crippen molar-refractivity contribution in [3.63, 3.8) is 0 Å². The van der Waals surface area contributed by atoms with E-state index in [1.807, 2.05) is 0 Å². The molecule has 6 nitrogen and oxygen atoms in total. The number of hydrogen-bond acceptors (Lipinski definition) is 4. The van der Waals surface area contributed by atoms with Gasteiger partial charge in [0.2, 0.25) is 0 Å². The number of aromatic amines is 1. The maximum absolute atomic E-state index is 12.0. The molecule has 1 aliphatic rings. The molecular weight excluding hydrogens is 270 g/mol. The fourth-order valence-corrected chi connectivity index (χ4v) is 3.03. The molecule has 2 N–H and O–H groups in total. The lowest BCUT2D eigenvalue weighted by Crippen LogP contribution is -2.21. The summed E-state index contributed by atoms with van der Waals surface area (Å²) < 4.78 is 0. The monoisotopic (exact) mass is 287 g/mol. The molecule has 0 spiro atoms. The van der Waals surface area contributed by atoms with Crippen LogP contribution in [0.5, 0.6) is 0 Å². The van der Waals surface area contributed by atoms with Gasteiger partial charge in [0.25, 0.3) is 5.56 Å². The average molecular weight is 287 g/mol. The third-order valence-electron chi connectivity index (χ3n) is 4.23. The van der Waals surface area contributed by atoms with Crippen LogP contribution in [0.4, 0.5) is 0 Å². The van der Waals surface area contributed by atoms with Crippen LogP contribution in [0, 0.1) is 12.8 Å². The summed E-state index contributed by atoms with van der Waals surface area (Å²) in [5, 5.41) is 9.58. The summed E-state index contributed by atoms with van der Waals surface area (Å²) >= 11 is 0. The summed E-state index contributed by atoms with van der Waals surface area (Å²) in [5.74, 6) is -0.153. The van der Waals surface area contributed by atoms with Gasteiger partial charge in [-0.25, -0.2) is 4.98 Å². The zero-order valence-electron chi connectivity index (χ0n) is 11.8. The zero-order chi connectivity index (χ0) is 15.0. The molecule has 1 fully saturated rings. The molecule has 2 aromatic heterocycles. The molecule has 0 radical (unpaired) electrons. The number of rotatable bonds is 2. The lowest BCUT2D eigenvalue weighted by atomic mass is 9.80. The lowest BCUT2D eigenvalue weighted by molar-refractivity contribution is -0.142. The van der Waals surface area contributed by atoms with Crippen LogP contribution >= 0.6 is 0 Å². The van der Waals surface area contributed by atoms with E-state index in [-0.39, 0.29) is 17.4 Å². The maximum atomic E-state index is 12.0. The predicted octanol–water partition coefficient (Wildman–Crippen LogP) is 1.98. The van der Waals surface area contributed by atoms with E-state index >= 15 is 0 Å². The van der Waals surface area contributed by atoms with Crippen LogP contribution in [-0.2, 0) is 4.79 Å². The van der Waals surface area contributed by atoms with Crippen molar-refractivity contribution in [1.82, 2.24) is 15.0 Å². The normalized spacial score (nSPS) is 22.3. The van der Waals surface area contributed by atoms with Gasteiger partial charge in [-0.15, -0.1) is 0 Å². The van der Waals surface area contributed by atoms with Crippen molar-refractivity contribution in [1.29, 1.82) is 0 Å². The Bertz CT molecular complexity index is 745. The maximum Gasteiger partial charge on any atom is 0.306 e. The third kappa shape index (κ3) is 2.66. The molecule has 0 atom stereocenters. The van der Waals surface area contributed by atoms with Crippen LogP contribution in [0.3, 0.4) is 0 Å². The Morgan fingerprint density at radius 1 is 1.33 bits per heavy atom. The summed E-state index contributed by atoms with van der Waals surface area (Å²) in [4.78, 5) is 34.3.